The lowest BCUT2D eigenvalue weighted by molar-refractivity contribution is -0.384. The van der Waals surface area contributed by atoms with Crippen LogP contribution in [-0.4, -0.2) is 44.6 Å². The molecule has 10 heteroatoms. The van der Waals surface area contributed by atoms with Crippen molar-refractivity contribution in [2.24, 2.45) is 5.73 Å². The van der Waals surface area contributed by atoms with Crippen LogP contribution in [0.5, 0.6) is 0 Å². The number of amides is 1. The molecule has 8 nitrogen and oxygen atoms in total. The fourth-order valence-electron chi connectivity index (χ4n) is 3.10. The predicted molar refractivity (Wildman–Crippen MR) is 98.0 cm³/mol. The average Bonchev–Trinajstić information content (AvgIpc) is 3.10. The van der Waals surface area contributed by atoms with Crippen molar-refractivity contribution in [1.82, 2.24) is 14.7 Å². The van der Waals surface area contributed by atoms with Crippen LogP contribution in [0.15, 0.2) is 24.4 Å². The van der Waals surface area contributed by atoms with Crippen LogP contribution in [0.2, 0.25) is 10.0 Å². The molecule has 2 N–H and O–H groups in total. The summed E-state index contributed by atoms with van der Waals surface area (Å²) in [6, 6.07) is 3.97. The lowest BCUT2D eigenvalue weighted by atomic mass is 10.0. The fraction of sp³-hybridized carbons (Fsp3) is 0.375. The lowest BCUT2D eigenvalue weighted by Crippen LogP contribution is -2.47. The second kappa shape index (κ2) is 7.61. The Kier molecular flexibility index (Phi) is 5.45. The Morgan fingerprint density at radius 1 is 1.35 bits per heavy atom. The molecule has 1 aromatic heterocycles. The number of halogens is 2. The largest absolute Gasteiger partial charge is 0.333 e. The molecule has 2 aromatic rings. The molecule has 1 aromatic carbocycles. The summed E-state index contributed by atoms with van der Waals surface area (Å²) in [7, 11) is 0. The Morgan fingerprint density at radius 2 is 2.04 bits per heavy atom. The van der Waals surface area contributed by atoms with Crippen molar-refractivity contribution in [2.75, 3.05) is 13.1 Å². The maximum atomic E-state index is 12.8. The van der Waals surface area contributed by atoms with Gasteiger partial charge in [-0.05, 0) is 25.3 Å². The van der Waals surface area contributed by atoms with E-state index < -0.39 is 4.92 Å². The highest BCUT2D eigenvalue weighted by molar-refractivity contribution is 6.38. The van der Waals surface area contributed by atoms with Gasteiger partial charge in [-0.25, -0.2) is 4.68 Å². The number of aromatic nitrogens is 2. The molecule has 1 saturated heterocycles. The van der Waals surface area contributed by atoms with E-state index in [1.165, 1.54) is 16.8 Å². The highest BCUT2D eigenvalue weighted by Crippen LogP contribution is 2.33. The molecule has 0 spiro atoms. The van der Waals surface area contributed by atoms with Gasteiger partial charge < -0.3 is 10.6 Å². The van der Waals surface area contributed by atoms with Crippen molar-refractivity contribution in [2.45, 2.75) is 25.3 Å². The number of piperidine rings is 1. The first-order valence-corrected chi connectivity index (χ1v) is 8.88. The van der Waals surface area contributed by atoms with Crippen LogP contribution in [0, 0.1) is 10.1 Å². The molecule has 1 amide bonds. The summed E-state index contributed by atoms with van der Waals surface area (Å²) in [6.45, 7) is 1.05. The van der Waals surface area contributed by atoms with Gasteiger partial charge in [0.15, 0.2) is 5.69 Å². The van der Waals surface area contributed by atoms with Crippen LogP contribution in [0.1, 0.15) is 29.8 Å². The van der Waals surface area contributed by atoms with Crippen molar-refractivity contribution in [3.05, 3.63) is 50.2 Å². The van der Waals surface area contributed by atoms with Gasteiger partial charge in [-0.2, -0.15) is 5.10 Å². The fourth-order valence-corrected chi connectivity index (χ4v) is 3.75. The van der Waals surface area contributed by atoms with E-state index in [0.717, 1.165) is 19.3 Å². The minimum absolute atomic E-state index is 0.00736. The average molecular weight is 398 g/mol. The van der Waals surface area contributed by atoms with Gasteiger partial charge in [0.25, 0.3) is 11.6 Å². The minimum atomic E-state index is -0.580. The maximum Gasteiger partial charge on any atom is 0.274 e. The first-order valence-electron chi connectivity index (χ1n) is 8.13. The van der Waals surface area contributed by atoms with Crippen molar-refractivity contribution in [3.8, 4) is 5.69 Å². The molecule has 1 aliphatic heterocycles. The third-order valence-electron chi connectivity index (χ3n) is 4.41. The number of carbonyl (C=O) groups is 1. The number of likely N-dealkylation sites (tertiary alicyclic amines) is 1. The summed E-state index contributed by atoms with van der Waals surface area (Å²) in [6.07, 6.45) is 4.41. The van der Waals surface area contributed by atoms with E-state index in [9.17, 15) is 14.9 Å². The van der Waals surface area contributed by atoms with E-state index in [0.29, 0.717) is 13.1 Å². The molecular formula is C16H17Cl2N5O3. The molecule has 1 aliphatic rings. The maximum absolute atomic E-state index is 12.8. The number of rotatable bonds is 4. The molecule has 26 heavy (non-hydrogen) atoms. The van der Waals surface area contributed by atoms with E-state index >= 15 is 0 Å². The van der Waals surface area contributed by atoms with E-state index in [1.807, 2.05) is 0 Å². The molecular weight excluding hydrogens is 381 g/mol. The van der Waals surface area contributed by atoms with Gasteiger partial charge >= 0.3 is 0 Å². The van der Waals surface area contributed by atoms with Crippen LogP contribution < -0.4 is 5.73 Å². The summed E-state index contributed by atoms with van der Waals surface area (Å²) < 4.78 is 1.35. The summed E-state index contributed by atoms with van der Waals surface area (Å²) in [5.41, 5.74) is 6.09. The summed E-state index contributed by atoms with van der Waals surface area (Å²) >= 11 is 12.3. The number of nitro benzene ring substituents is 1. The highest BCUT2D eigenvalue weighted by Gasteiger charge is 2.28. The zero-order valence-corrected chi connectivity index (χ0v) is 15.3. The molecule has 0 aliphatic carbocycles. The Morgan fingerprint density at radius 3 is 2.65 bits per heavy atom. The molecule has 1 atom stereocenters. The topological polar surface area (TPSA) is 107 Å². The normalized spacial score (nSPS) is 17.3. The Balaban J connectivity index is 1.91. The van der Waals surface area contributed by atoms with Crippen molar-refractivity contribution >= 4 is 34.8 Å². The number of nitrogens with zero attached hydrogens (tertiary/aromatic N) is 4. The second-order valence-electron chi connectivity index (χ2n) is 6.04. The highest BCUT2D eigenvalue weighted by atomic mass is 35.5. The number of hydrogen-bond acceptors (Lipinski definition) is 5. The van der Waals surface area contributed by atoms with Crippen molar-refractivity contribution in [3.63, 3.8) is 0 Å². The number of nitrogens with two attached hydrogens (primary N) is 1. The first-order chi connectivity index (χ1) is 12.4. The van der Waals surface area contributed by atoms with E-state index in [1.54, 1.807) is 17.2 Å². The summed E-state index contributed by atoms with van der Waals surface area (Å²) in [5.74, 6) is -0.201. The Hall–Kier alpha value is -2.16. The molecule has 0 bridgehead atoms. The summed E-state index contributed by atoms with van der Waals surface area (Å²) in [4.78, 5) is 24.8. The van der Waals surface area contributed by atoms with Gasteiger partial charge in [-0.1, -0.05) is 23.2 Å². The van der Waals surface area contributed by atoms with Crippen LogP contribution in [0.4, 0.5) is 5.69 Å². The van der Waals surface area contributed by atoms with Crippen LogP contribution in [0.25, 0.3) is 5.69 Å². The molecule has 138 valence electrons. The molecule has 2 heterocycles. The third-order valence-corrected chi connectivity index (χ3v) is 4.99. The monoisotopic (exact) mass is 397 g/mol. The van der Waals surface area contributed by atoms with Gasteiger partial charge in [-0.3, -0.25) is 14.9 Å². The van der Waals surface area contributed by atoms with Gasteiger partial charge in [0.2, 0.25) is 0 Å². The number of carbonyl (C=O) groups excluding carboxylic acids is 1. The minimum Gasteiger partial charge on any atom is -0.333 e. The molecule has 1 fully saturated rings. The predicted octanol–water partition coefficient (Wildman–Crippen LogP) is 3.04. The summed E-state index contributed by atoms with van der Waals surface area (Å²) in [5, 5.41) is 15.3. The molecule has 0 saturated carbocycles. The standard InChI is InChI=1S/C16H17Cl2N5O3/c17-12-7-11(23(25)26)8-13(18)15(12)22-6-4-14(20-22)16(24)21-5-2-1-3-10(21)9-19/h4,6-8,10H,1-3,5,9,19H2. The molecule has 3 rings (SSSR count). The number of benzene rings is 1. The van der Waals surface area contributed by atoms with Crippen LogP contribution >= 0.6 is 23.2 Å². The van der Waals surface area contributed by atoms with Gasteiger partial charge in [0, 0.05) is 37.5 Å². The van der Waals surface area contributed by atoms with Gasteiger partial charge in [0.05, 0.1) is 15.0 Å². The Labute approximate surface area is 159 Å². The third kappa shape index (κ3) is 3.53. The lowest BCUT2D eigenvalue weighted by Gasteiger charge is -2.34. The number of non-ortho nitro benzene ring substituents is 1. The van der Waals surface area contributed by atoms with Crippen molar-refractivity contribution in [1.29, 1.82) is 0 Å². The van der Waals surface area contributed by atoms with Gasteiger partial charge in [-0.15, -0.1) is 0 Å². The van der Waals surface area contributed by atoms with E-state index in [2.05, 4.69) is 5.10 Å². The second-order valence-corrected chi connectivity index (χ2v) is 6.86. The molecule has 1 unspecified atom stereocenters. The number of nitro groups is 1. The Bertz CT molecular complexity index is 831. The SMILES string of the molecule is NCC1CCCCN1C(=O)c1ccn(-c2c(Cl)cc([N+](=O)[O-])cc2Cl)n1. The van der Waals surface area contributed by atoms with E-state index in [-0.39, 0.29) is 39.1 Å². The number of hydrogen-bond donors (Lipinski definition) is 1. The quantitative estimate of drug-likeness (QED) is 0.629. The zero-order valence-electron chi connectivity index (χ0n) is 13.8. The first kappa shape index (κ1) is 18.6. The van der Waals surface area contributed by atoms with Crippen molar-refractivity contribution < 1.29 is 9.72 Å². The van der Waals surface area contributed by atoms with Gasteiger partial charge in [0.1, 0.15) is 5.69 Å². The molecule has 0 radical (unpaired) electrons. The zero-order chi connectivity index (χ0) is 18.8. The van der Waals surface area contributed by atoms with Crippen LogP contribution in [-0.2, 0) is 0 Å². The van der Waals surface area contributed by atoms with E-state index in [4.69, 9.17) is 28.9 Å². The van der Waals surface area contributed by atoms with Crippen LogP contribution in [0.3, 0.4) is 0 Å². The smallest absolute Gasteiger partial charge is 0.274 e.